The number of nitrogens with one attached hydrogen (secondary N) is 1. The second-order valence-electron chi connectivity index (χ2n) is 5.62. The van der Waals surface area contributed by atoms with Gasteiger partial charge in [-0.25, -0.2) is 9.97 Å². The van der Waals surface area contributed by atoms with Crippen LogP contribution in [-0.2, 0) is 13.1 Å². The third kappa shape index (κ3) is 3.49. The molecule has 21 heavy (non-hydrogen) atoms. The van der Waals surface area contributed by atoms with Crippen LogP contribution in [0.4, 0.5) is 0 Å². The monoisotopic (exact) mass is 300 g/mol. The number of hydrogen-bond acceptors (Lipinski definition) is 4. The van der Waals surface area contributed by atoms with Gasteiger partial charge in [0, 0.05) is 11.9 Å². The summed E-state index contributed by atoms with van der Waals surface area (Å²) >= 11 is 1.72. The Kier molecular flexibility index (Phi) is 4.31. The maximum atomic E-state index is 4.70. The van der Waals surface area contributed by atoms with Crippen LogP contribution < -0.4 is 5.32 Å². The van der Waals surface area contributed by atoms with Gasteiger partial charge in [-0.15, -0.1) is 11.3 Å². The molecule has 3 aromatic rings. The highest BCUT2D eigenvalue weighted by Crippen LogP contribution is 2.16. The summed E-state index contributed by atoms with van der Waals surface area (Å²) in [6, 6.07) is 8.19. The first-order chi connectivity index (χ1) is 10.2. The third-order valence-corrected chi connectivity index (χ3v) is 4.19. The topological polar surface area (TPSA) is 42.7 Å². The molecule has 110 valence electrons. The molecule has 0 amide bonds. The fourth-order valence-electron chi connectivity index (χ4n) is 2.28. The van der Waals surface area contributed by atoms with E-state index in [2.05, 4.69) is 40.2 Å². The summed E-state index contributed by atoms with van der Waals surface area (Å²) in [7, 11) is 0. The van der Waals surface area contributed by atoms with Crippen molar-refractivity contribution in [2.45, 2.75) is 26.9 Å². The lowest BCUT2D eigenvalue weighted by atomic mass is 10.2. The number of benzene rings is 1. The Morgan fingerprint density at radius 1 is 1.29 bits per heavy atom. The van der Waals surface area contributed by atoms with Crippen LogP contribution >= 0.6 is 11.3 Å². The van der Waals surface area contributed by atoms with Crippen molar-refractivity contribution >= 4 is 22.4 Å². The smallest absolute Gasteiger partial charge is 0.107 e. The Labute approximate surface area is 128 Å². The summed E-state index contributed by atoms with van der Waals surface area (Å²) in [6.07, 6.45) is 1.89. The highest BCUT2D eigenvalue weighted by molar-refractivity contribution is 7.09. The predicted molar refractivity (Wildman–Crippen MR) is 87.5 cm³/mol. The zero-order valence-electron chi connectivity index (χ0n) is 12.4. The van der Waals surface area contributed by atoms with Gasteiger partial charge in [-0.2, -0.15) is 0 Å². The summed E-state index contributed by atoms with van der Waals surface area (Å²) in [5, 5.41) is 6.72. The molecule has 2 heterocycles. The van der Waals surface area contributed by atoms with Crippen LogP contribution in [0.2, 0.25) is 0 Å². The van der Waals surface area contributed by atoms with E-state index in [1.165, 1.54) is 0 Å². The molecule has 0 atom stereocenters. The molecular formula is C16H20N4S. The van der Waals surface area contributed by atoms with Gasteiger partial charge in [0.2, 0.25) is 0 Å². The van der Waals surface area contributed by atoms with Gasteiger partial charge >= 0.3 is 0 Å². The molecular weight excluding hydrogens is 280 g/mol. The first kappa shape index (κ1) is 14.2. The van der Waals surface area contributed by atoms with E-state index in [0.29, 0.717) is 5.92 Å². The molecule has 5 heteroatoms. The molecule has 0 fully saturated rings. The highest BCUT2D eigenvalue weighted by atomic mass is 32.1. The predicted octanol–water partition coefficient (Wildman–Crippen LogP) is 3.29. The van der Waals surface area contributed by atoms with E-state index in [1.807, 2.05) is 24.5 Å². The Morgan fingerprint density at radius 2 is 2.14 bits per heavy atom. The first-order valence-corrected chi connectivity index (χ1v) is 8.14. The summed E-state index contributed by atoms with van der Waals surface area (Å²) in [5.74, 6) is 0.668. The molecule has 1 aromatic carbocycles. The van der Waals surface area contributed by atoms with Crippen molar-refractivity contribution in [3.63, 3.8) is 0 Å². The summed E-state index contributed by atoms with van der Waals surface area (Å²) in [6.45, 7) is 7.09. The van der Waals surface area contributed by atoms with Crippen molar-refractivity contribution in [3.8, 4) is 0 Å². The minimum Gasteiger partial charge on any atom is -0.324 e. The lowest BCUT2D eigenvalue weighted by molar-refractivity contribution is 0.551. The molecule has 0 spiro atoms. The van der Waals surface area contributed by atoms with Crippen molar-refractivity contribution in [3.05, 3.63) is 46.7 Å². The zero-order chi connectivity index (χ0) is 14.7. The Hall–Kier alpha value is -1.72. The zero-order valence-corrected chi connectivity index (χ0v) is 13.2. The van der Waals surface area contributed by atoms with Crippen LogP contribution in [-0.4, -0.2) is 21.1 Å². The molecule has 0 aliphatic carbocycles. The van der Waals surface area contributed by atoms with Crippen molar-refractivity contribution < 1.29 is 0 Å². The number of rotatable bonds is 6. The molecule has 3 rings (SSSR count). The Morgan fingerprint density at radius 3 is 3.00 bits per heavy atom. The number of aromatic nitrogens is 3. The van der Waals surface area contributed by atoms with Crippen LogP contribution in [0.25, 0.3) is 11.0 Å². The van der Waals surface area contributed by atoms with E-state index in [9.17, 15) is 0 Å². The Balaban J connectivity index is 1.67. The number of thiazole rings is 1. The fraction of sp³-hybridized carbons (Fsp3) is 0.375. The number of para-hydroxylation sites is 2. The maximum Gasteiger partial charge on any atom is 0.107 e. The number of imidazole rings is 1. The molecule has 0 unspecified atom stereocenters. The van der Waals surface area contributed by atoms with Gasteiger partial charge in [-0.3, -0.25) is 0 Å². The minimum atomic E-state index is 0.668. The molecule has 0 saturated heterocycles. The minimum absolute atomic E-state index is 0.668. The lowest BCUT2D eigenvalue weighted by Gasteiger charge is -2.04. The SMILES string of the molecule is CC(C)CNCc1nc(Cn2cnc3ccccc32)cs1. The number of fused-ring (bicyclic) bond motifs is 1. The van der Waals surface area contributed by atoms with E-state index in [1.54, 1.807) is 11.3 Å². The summed E-state index contributed by atoms with van der Waals surface area (Å²) in [5.41, 5.74) is 3.29. The summed E-state index contributed by atoms with van der Waals surface area (Å²) < 4.78 is 2.15. The molecule has 4 nitrogen and oxygen atoms in total. The van der Waals surface area contributed by atoms with Gasteiger partial charge < -0.3 is 9.88 Å². The third-order valence-electron chi connectivity index (χ3n) is 3.29. The fourth-order valence-corrected chi connectivity index (χ4v) is 3.04. The average molecular weight is 300 g/mol. The average Bonchev–Trinajstić information content (AvgIpc) is 3.07. The van der Waals surface area contributed by atoms with Crippen LogP contribution in [0.3, 0.4) is 0 Å². The van der Waals surface area contributed by atoms with Crippen LogP contribution in [0.15, 0.2) is 36.0 Å². The lowest BCUT2D eigenvalue weighted by Crippen LogP contribution is -2.18. The van der Waals surface area contributed by atoms with Gasteiger partial charge in [0.25, 0.3) is 0 Å². The normalized spacial score (nSPS) is 11.6. The van der Waals surface area contributed by atoms with Crippen molar-refractivity contribution in [1.82, 2.24) is 19.9 Å². The Bertz CT molecular complexity index is 714. The van der Waals surface area contributed by atoms with Crippen LogP contribution in [0, 0.1) is 5.92 Å². The molecule has 0 radical (unpaired) electrons. The summed E-state index contributed by atoms with van der Waals surface area (Å²) in [4.78, 5) is 9.11. The van der Waals surface area contributed by atoms with Crippen molar-refractivity contribution in [2.24, 2.45) is 5.92 Å². The van der Waals surface area contributed by atoms with Crippen LogP contribution in [0.1, 0.15) is 24.5 Å². The second-order valence-corrected chi connectivity index (χ2v) is 6.56. The van der Waals surface area contributed by atoms with E-state index >= 15 is 0 Å². The standard InChI is InChI=1S/C16H20N4S/c1-12(2)7-17-8-16-19-13(10-21-16)9-20-11-18-14-5-3-4-6-15(14)20/h3-6,10-12,17H,7-9H2,1-2H3. The van der Waals surface area contributed by atoms with E-state index in [-0.39, 0.29) is 0 Å². The molecule has 0 aliphatic heterocycles. The molecule has 0 saturated carbocycles. The number of hydrogen-bond donors (Lipinski definition) is 1. The van der Waals surface area contributed by atoms with Gasteiger partial charge in [0.05, 0.1) is 29.6 Å². The molecule has 2 aromatic heterocycles. The largest absolute Gasteiger partial charge is 0.324 e. The van der Waals surface area contributed by atoms with E-state index in [4.69, 9.17) is 4.98 Å². The molecule has 1 N–H and O–H groups in total. The highest BCUT2D eigenvalue weighted by Gasteiger charge is 2.06. The van der Waals surface area contributed by atoms with Gasteiger partial charge in [0.1, 0.15) is 5.01 Å². The van der Waals surface area contributed by atoms with Crippen LogP contribution in [0.5, 0.6) is 0 Å². The van der Waals surface area contributed by atoms with E-state index in [0.717, 1.165) is 41.4 Å². The van der Waals surface area contributed by atoms with Gasteiger partial charge in [-0.1, -0.05) is 26.0 Å². The van der Waals surface area contributed by atoms with E-state index < -0.39 is 0 Å². The second kappa shape index (κ2) is 6.37. The molecule has 0 bridgehead atoms. The molecule has 0 aliphatic rings. The quantitative estimate of drug-likeness (QED) is 0.759. The first-order valence-electron chi connectivity index (χ1n) is 7.26. The number of nitrogens with zero attached hydrogens (tertiary/aromatic N) is 3. The maximum absolute atomic E-state index is 4.70. The van der Waals surface area contributed by atoms with Gasteiger partial charge in [0.15, 0.2) is 0 Å². The van der Waals surface area contributed by atoms with Crippen molar-refractivity contribution in [1.29, 1.82) is 0 Å². The van der Waals surface area contributed by atoms with Crippen molar-refractivity contribution in [2.75, 3.05) is 6.54 Å². The van der Waals surface area contributed by atoms with Gasteiger partial charge in [-0.05, 0) is 24.6 Å².